The summed E-state index contributed by atoms with van der Waals surface area (Å²) in [5.41, 5.74) is 8.99. The van der Waals surface area contributed by atoms with Crippen molar-refractivity contribution >= 4 is 34.3 Å². The van der Waals surface area contributed by atoms with Gasteiger partial charge in [-0.05, 0) is 19.1 Å². The van der Waals surface area contributed by atoms with Gasteiger partial charge in [0.1, 0.15) is 0 Å². The lowest BCUT2D eigenvalue weighted by atomic mass is 10.1. The summed E-state index contributed by atoms with van der Waals surface area (Å²) in [6.07, 6.45) is 0.834. The highest BCUT2D eigenvalue weighted by Gasteiger charge is 2.13. The maximum absolute atomic E-state index is 6.12. The molecule has 2 aromatic rings. The monoisotopic (exact) mass is 258 g/mol. The van der Waals surface area contributed by atoms with Gasteiger partial charge in [0.2, 0.25) is 0 Å². The smallest absolute Gasteiger partial charge is 0.0931 e. The van der Waals surface area contributed by atoms with E-state index in [4.69, 9.17) is 17.3 Å². The molecule has 1 unspecified atom stereocenters. The van der Waals surface area contributed by atoms with Gasteiger partial charge in [-0.3, -0.25) is 0 Å². The zero-order valence-electron chi connectivity index (χ0n) is 8.24. The fourth-order valence-electron chi connectivity index (χ4n) is 1.44. The molecule has 0 fully saturated rings. The van der Waals surface area contributed by atoms with Crippen molar-refractivity contribution in [3.05, 3.63) is 37.4 Å². The molecule has 2 aromatic heterocycles. The van der Waals surface area contributed by atoms with Crippen molar-refractivity contribution in [2.24, 2.45) is 5.73 Å². The van der Waals surface area contributed by atoms with E-state index in [2.05, 4.69) is 4.98 Å². The van der Waals surface area contributed by atoms with E-state index in [1.165, 1.54) is 9.75 Å². The van der Waals surface area contributed by atoms with Crippen molar-refractivity contribution in [3.8, 4) is 0 Å². The predicted octanol–water partition coefficient (Wildman–Crippen LogP) is 3.41. The van der Waals surface area contributed by atoms with Gasteiger partial charge in [0, 0.05) is 22.2 Å². The van der Waals surface area contributed by atoms with E-state index >= 15 is 0 Å². The van der Waals surface area contributed by atoms with Crippen molar-refractivity contribution in [2.75, 3.05) is 0 Å². The van der Waals surface area contributed by atoms with Gasteiger partial charge in [0.05, 0.1) is 15.5 Å². The average Bonchev–Trinajstić information content (AvgIpc) is 2.75. The number of halogens is 1. The summed E-state index contributed by atoms with van der Waals surface area (Å²) in [5.74, 6) is 0. The van der Waals surface area contributed by atoms with Crippen LogP contribution in [0.25, 0.3) is 0 Å². The van der Waals surface area contributed by atoms with Crippen molar-refractivity contribution in [2.45, 2.75) is 19.4 Å². The third-order valence-corrected chi connectivity index (χ3v) is 4.49. The summed E-state index contributed by atoms with van der Waals surface area (Å²) in [6, 6.07) is 3.98. The van der Waals surface area contributed by atoms with E-state index in [9.17, 15) is 0 Å². The molecule has 0 amide bonds. The quantitative estimate of drug-likeness (QED) is 0.916. The van der Waals surface area contributed by atoms with Crippen LogP contribution in [0.2, 0.25) is 4.34 Å². The minimum Gasteiger partial charge on any atom is -0.323 e. The Bertz CT molecular complexity index is 450. The fourth-order valence-corrected chi connectivity index (χ4v) is 3.39. The number of hydrogen-bond donors (Lipinski definition) is 1. The number of aryl methyl sites for hydroxylation is 1. The van der Waals surface area contributed by atoms with Gasteiger partial charge in [0.25, 0.3) is 0 Å². The molecule has 5 heteroatoms. The van der Waals surface area contributed by atoms with E-state index in [1.54, 1.807) is 22.7 Å². The Hall–Kier alpha value is -0.420. The molecule has 0 spiro atoms. The molecular weight excluding hydrogens is 248 g/mol. The molecule has 1 atom stereocenters. The van der Waals surface area contributed by atoms with Gasteiger partial charge < -0.3 is 5.73 Å². The molecule has 0 bridgehead atoms. The predicted molar refractivity (Wildman–Crippen MR) is 66.8 cm³/mol. The second kappa shape index (κ2) is 4.61. The van der Waals surface area contributed by atoms with Crippen LogP contribution in [0, 0.1) is 6.92 Å². The third-order valence-electron chi connectivity index (χ3n) is 2.17. The molecule has 80 valence electrons. The molecule has 2 N–H and O–H groups in total. The van der Waals surface area contributed by atoms with Crippen LogP contribution in [0.15, 0.2) is 17.6 Å². The van der Waals surface area contributed by atoms with E-state index in [1.807, 2.05) is 24.6 Å². The molecular formula is C10H11ClN2S2. The topological polar surface area (TPSA) is 38.9 Å². The van der Waals surface area contributed by atoms with E-state index in [-0.39, 0.29) is 6.04 Å². The Morgan fingerprint density at radius 2 is 2.33 bits per heavy atom. The summed E-state index contributed by atoms with van der Waals surface area (Å²) < 4.78 is 0.818. The Labute approximate surface area is 102 Å². The number of rotatable bonds is 3. The standard InChI is InChI=1S/C10H11ClN2S2/c1-6-10(14-5-13-6)8(12)4-7-2-3-9(11)15-7/h2-3,5,8H,4,12H2,1H3. The van der Waals surface area contributed by atoms with E-state index in [0.717, 1.165) is 16.5 Å². The number of thiophene rings is 1. The normalized spacial score (nSPS) is 13.0. The van der Waals surface area contributed by atoms with Crippen LogP contribution in [0.1, 0.15) is 21.5 Å². The number of aromatic nitrogens is 1. The first-order valence-electron chi connectivity index (χ1n) is 4.56. The highest BCUT2D eigenvalue weighted by atomic mass is 35.5. The van der Waals surface area contributed by atoms with Crippen LogP contribution in [0.3, 0.4) is 0 Å². The van der Waals surface area contributed by atoms with Crippen LogP contribution in [-0.2, 0) is 6.42 Å². The molecule has 2 nitrogen and oxygen atoms in total. The van der Waals surface area contributed by atoms with Gasteiger partial charge in [-0.25, -0.2) is 4.98 Å². The van der Waals surface area contributed by atoms with Gasteiger partial charge in [-0.15, -0.1) is 22.7 Å². The average molecular weight is 259 g/mol. The fraction of sp³-hybridized carbons (Fsp3) is 0.300. The summed E-state index contributed by atoms with van der Waals surface area (Å²) in [4.78, 5) is 6.59. The maximum Gasteiger partial charge on any atom is 0.0931 e. The number of nitrogens with two attached hydrogens (primary N) is 1. The molecule has 2 heterocycles. The van der Waals surface area contributed by atoms with Crippen LogP contribution in [0.5, 0.6) is 0 Å². The first-order valence-corrected chi connectivity index (χ1v) is 6.64. The second-order valence-electron chi connectivity index (χ2n) is 3.32. The Balaban J connectivity index is 2.10. The maximum atomic E-state index is 6.12. The zero-order valence-corrected chi connectivity index (χ0v) is 10.6. The molecule has 0 aliphatic heterocycles. The van der Waals surface area contributed by atoms with Gasteiger partial charge >= 0.3 is 0 Å². The lowest BCUT2D eigenvalue weighted by Gasteiger charge is -2.08. The highest BCUT2D eigenvalue weighted by Crippen LogP contribution is 2.28. The molecule has 0 aromatic carbocycles. The molecule has 0 saturated carbocycles. The number of hydrogen-bond acceptors (Lipinski definition) is 4. The van der Waals surface area contributed by atoms with Crippen molar-refractivity contribution in [3.63, 3.8) is 0 Å². The molecule has 0 saturated heterocycles. The largest absolute Gasteiger partial charge is 0.323 e. The minimum absolute atomic E-state index is 0.0345. The number of nitrogens with zero attached hydrogens (tertiary/aromatic N) is 1. The van der Waals surface area contributed by atoms with Crippen molar-refractivity contribution < 1.29 is 0 Å². The molecule has 0 aliphatic carbocycles. The number of thiazole rings is 1. The van der Waals surface area contributed by atoms with Crippen LogP contribution in [-0.4, -0.2) is 4.98 Å². The lowest BCUT2D eigenvalue weighted by Crippen LogP contribution is -2.12. The van der Waals surface area contributed by atoms with Crippen LogP contribution in [0.4, 0.5) is 0 Å². The lowest BCUT2D eigenvalue weighted by molar-refractivity contribution is 0.737. The third kappa shape index (κ3) is 2.58. The summed E-state index contributed by atoms with van der Waals surface area (Å²) in [6.45, 7) is 1.99. The van der Waals surface area contributed by atoms with Gasteiger partial charge in [0.15, 0.2) is 0 Å². The van der Waals surface area contributed by atoms with Crippen molar-refractivity contribution in [1.82, 2.24) is 4.98 Å². The minimum atomic E-state index is 0.0345. The van der Waals surface area contributed by atoms with Gasteiger partial charge in [-0.2, -0.15) is 0 Å². The first kappa shape index (κ1) is 11.1. The molecule has 0 radical (unpaired) electrons. The molecule has 0 aliphatic rings. The van der Waals surface area contributed by atoms with Gasteiger partial charge in [-0.1, -0.05) is 11.6 Å². The molecule has 15 heavy (non-hydrogen) atoms. The summed E-state index contributed by atoms with van der Waals surface area (Å²) in [5, 5.41) is 0. The van der Waals surface area contributed by atoms with E-state index in [0.29, 0.717) is 0 Å². The second-order valence-corrected chi connectivity index (χ2v) is 6.00. The summed E-state index contributed by atoms with van der Waals surface area (Å²) in [7, 11) is 0. The Morgan fingerprint density at radius 3 is 2.87 bits per heavy atom. The Morgan fingerprint density at radius 1 is 1.53 bits per heavy atom. The first-order chi connectivity index (χ1) is 7.16. The van der Waals surface area contributed by atoms with Crippen LogP contribution >= 0.6 is 34.3 Å². The summed E-state index contributed by atoms with van der Waals surface area (Å²) >= 11 is 9.08. The zero-order chi connectivity index (χ0) is 10.8. The van der Waals surface area contributed by atoms with Crippen LogP contribution < -0.4 is 5.73 Å². The highest BCUT2D eigenvalue weighted by molar-refractivity contribution is 7.16. The Kier molecular flexibility index (Phi) is 3.41. The van der Waals surface area contributed by atoms with Crippen molar-refractivity contribution in [1.29, 1.82) is 0 Å². The SMILES string of the molecule is Cc1ncsc1C(N)Cc1ccc(Cl)s1. The molecule has 2 rings (SSSR count). The van der Waals surface area contributed by atoms with E-state index < -0.39 is 0 Å².